The minimum absolute atomic E-state index is 0.0920. The minimum Gasteiger partial charge on any atom is -0.376 e. The Kier molecular flexibility index (Phi) is 5.33. The second kappa shape index (κ2) is 7.83. The lowest BCUT2D eigenvalue weighted by atomic mass is 10.1. The Morgan fingerprint density at radius 3 is 2.36 bits per heavy atom. The SMILES string of the molecule is CCc1cccc(NC(=O)CNc2ccc(NC(=O)C3CC3)cc2)c1. The van der Waals surface area contributed by atoms with Crippen molar-refractivity contribution in [2.75, 3.05) is 22.5 Å². The lowest BCUT2D eigenvalue weighted by molar-refractivity contribution is -0.117. The average molecular weight is 337 g/mol. The van der Waals surface area contributed by atoms with Crippen molar-refractivity contribution >= 4 is 28.9 Å². The van der Waals surface area contributed by atoms with E-state index in [2.05, 4.69) is 22.9 Å². The molecule has 0 heterocycles. The Morgan fingerprint density at radius 2 is 1.68 bits per heavy atom. The van der Waals surface area contributed by atoms with Gasteiger partial charge in [-0.3, -0.25) is 9.59 Å². The molecule has 2 aromatic carbocycles. The molecule has 1 aliphatic carbocycles. The molecule has 0 bridgehead atoms. The summed E-state index contributed by atoms with van der Waals surface area (Å²) in [6, 6.07) is 15.2. The van der Waals surface area contributed by atoms with E-state index in [1.807, 2.05) is 48.5 Å². The fraction of sp³-hybridized carbons (Fsp3) is 0.300. The second-order valence-electron chi connectivity index (χ2n) is 6.30. The molecule has 0 unspecified atom stereocenters. The Morgan fingerprint density at radius 1 is 0.960 bits per heavy atom. The molecule has 0 saturated heterocycles. The van der Waals surface area contributed by atoms with E-state index in [1.54, 1.807) is 0 Å². The fourth-order valence-corrected chi connectivity index (χ4v) is 2.52. The molecule has 1 saturated carbocycles. The van der Waals surface area contributed by atoms with E-state index in [4.69, 9.17) is 0 Å². The highest BCUT2D eigenvalue weighted by Crippen LogP contribution is 2.30. The van der Waals surface area contributed by atoms with Crippen molar-refractivity contribution in [2.24, 2.45) is 5.92 Å². The predicted octanol–water partition coefficient (Wildman–Crippen LogP) is 3.65. The van der Waals surface area contributed by atoms with Crippen LogP contribution in [0.15, 0.2) is 48.5 Å². The van der Waals surface area contributed by atoms with Gasteiger partial charge < -0.3 is 16.0 Å². The monoisotopic (exact) mass is 337 g/mol. The van der Waals surface area contributed by atoms with Crippen molar-refractivity contribution in [3.8, 4) is 0 Å². The van der Waals surface area contributed by atoms with E-state index < -0.39 is 0 Å². The molecule has 3 rings (SSSR count). The first kappa shape index (κ1) is 17.0. The number of amides is 2. The third-order valence-electron chi connectivity index (χ3n) is 4.17. The van der Waals surface area contributed by atoms with Gasteiger partial charge in [-0.2, -0.15) is 0 Å². The summed E-state index contributed by atoms with van der Waals surface area (Å²) in [4.78, 5) is 23.8. The zero-order valence-corrected chi connectivity index (χ0v) is 14.3. The molecule has 1 aliphatic rings. The van der Waals surface area contributed by atoms with E-state index in [0.717, 1.165) is 36.3 Å². The van der Waals surface area contributed by atoms with Crippen molar-refractivity contribution in [1.82, 2.24) is 0 Å². The van der Waals surface area contributed by atoms with Crippen LogP contribution in [0.3, 0.4) is 0 Å². The van der Waals surface area contributed by atoms with Gasteiger partial charge in [0.25, 0.3) is 0 Å². The molecule has 0 radical (unpaired) electrons. The molecule has 130 valence electrons. The molecule has 2 amide bonds. The molecule has 25 heavy (non-hydrogen) atoms. The van der Waals surface area contributed by atoms with Gasteiger partial charge in [-0.15, -0.1) is 0 Å². The highest BCUT2D eigenvalue weighted by atomic mass is 16.2. The fourth-order valence-electron chi connectivity index (χ4n) is 2.52. The third kappa shape index (κ3) is 5.08. The summed E-state index contributed by atoms with van der Waals surface area (Å²) < 4.78 is 0. The number of aryl methyl sites for hydroxylation is 1. The molecule has 5 heteroatoms. The van der Waals surface area contributed by atoms with Crippen molar-refractivity contribution in [2.45, 2.75) is 26.2 Å². The van der Waals surface area contributed by atoms with Gasteiger partial charge >= 0.3 is 0 Å². The Balaban J connectivity index is 1.47. The van der Waals surface area contributed by atoms with Crippen LogP contribution in [-0.2, 0) is 16.0 Å². The van der Waals surface area contributed by atoms with Crippen LogP contribution in [0.2, 0.25) is 0 Å². The van der Waals surface area contributed by atoms with E-state index in [-0.39, 0.29) is 24.3 Å². The zero-order chi connectivity index (χ0) is 17.6. The first-order chi connectivity index (χ1) is 12.1. The van der Waals surface area contributed by atoms with Gasteiger partial charge in [0.1, 0.15) is 0 Å². The number of carbonyl (C=O) groups excluding carboxylic acids is 2. The van der Waals surface area contributed by atoms with E-state index in [1.165, 1.54) is 5.56 Å². The molecular formula is C20H23N3O2. The quantitative estimate of drug-likeness (QED) is 0.722. The zero-order valence-electron chi connectivity index (χ0n) is 14.3. The van der Waals surface area contributed by atoms with Crippen LogP contribution >= 0.6 is 0 Å². The summed E-state index contributed by atoms with van der Waals surface area (Å²) in [6.07, 6.45) is 2.91. The van der Waals surface area contributed by atoms with Crippen LogP contribution in [-0.4, -0.2) is 18.4 Å². The predicted molar refractivity (Wildman–Crippen MR) is 101 cm³/mol. The Hall–Kier alpha value is -2.82. The molecule has 2 aromatic rings. The molecule has 0 spiro atoms. The van der Waals surface area contributed by atoms with Crippen LogP contribution in [0.1, 0.15) is 25.3 Å². The van der Waals surface area contributed by atoms with Crippen molar-refractivity contribution in [3.05, 3.63) is 54.1 Å². The van der Waals surface area contributed by atoms with Gasteiger partial charge in [-0.1, -0.05) is 19.1 Å². The Labute approximate surface area is 147 Å². The van der Waals surface area contributed by atoms with Crippen LogP contribution in [0.25, 0.3) is 0 Å². The van der Waals surface area contributed by atoms with Crippen molar-refractivity contribution < 1.29 is 9.59 Å². The van der Waals surface area contributed by atoms with E-state index >= 15 is 0 Å². The lowest BCUT2D eigenvalue weighted by Gasteiger charge is -2.10. The maximum atomic E-state index is 12.0. The van der Waals surface area contributed by atoms with Crippen LogP contribution in [0.4, 0.5) is 17.1 Å². The standard InChI is InChI=1S/C20H23N3O2/c1-2-14-4-3-5-18(12-14)22-19(24)13-21-16-8-10-17(11-9-16)23-20(25)15-6-7-15/h3-5,8-12,15,21H,2,6-7,13H2,1H3,(H,22,24)(H,23,25). The van der Waals surface area contributed by atoms with E-state index in [9.17, 15) is 9.59 Å². The van der Waals surface area contributed by atoms with Gasteiger partial charge in [0, 0.05) is 23.0 Å². The largest absolute Gasteiger partial charge is 0.376 e. The van der Waals surface area contributed by atoms with Crippen LogP contribution in [0.5, 0.6) is 0 Å². The summed E-state index contributed by atoms with van der Waals surface area (Å²) in [5.74, 6) is 0.182. The molecule has 0 atom stereocenters. The maximum Gasteiger partial charge on any atom is 0.243 e. The number of hydrogen-bond acceptors (Lipinski definition) is 3. The summed E-state index contributed by atoms with van der Waals surface area (Å²) >= 11 is 0. The first-order valence-electron chi connectivity index (χ1n) is 8.67. The van der Waals surface area contributed by atoms with E-state index in [0.29, 0.717) is 0 Å². The van der Waals surface area contributed by atoms with Crippen molar-refractivity contribution in [1.29, 1.82) is 0 Å². The van der Waals surface area contributed by atoms with Gasteiger partial charge in [-0.25, -0.2) is 0 Å². The topological polar surface area (TPSA) is 70.2 Å². The molecule has 0 aliphatic heterocycles. The molecular weight excluding hydrogens is 314 g/mol. The second-order valence-corrected chi connectivity index (χ2v) is 6.30. The van der Waals surface area contributed by atoms with Crippen molar-refractivity contribution in [3.63, 3.8) is 0 Å². The minimum atomic E-state index is -0.0978. The highest BCUT2D eigenvalue weighted by molar-refractivity contribution is 5.95. The third-order valence-corrected chi connectivity index (χ3v) is 4.17. The molecule has 1 fully saturated rings. The van der Waals surface area contributed by atoms with Gasteiger partial charge in [0.15, 0.2) is 0 Å². The molecule has 5 nitrogen and oxygen atoms in total. The number of benzene rings is 2. The summed E-state index contributed by atoms with van der Waals surface area (Å²) in [7, 11) is 0. The number of anilines is 3. The molecule has 0 aromatic heterocycles. The summed E-state index contributed by atoms with van der Waals surface area (Å²) in [6.45, 7) is 2.27. The van der Waals surface area contributed by atoms with Gasteiger partial charge in [0.2, 0.25) is 11.8 Å². The number of rotatable bonds is 7. The van der Waals surface area contributed by atoms with Crippen LogP contribution < -0.4 is 16.0 Å². The van der Waals surface area contributed by atoms with Gasteiger partial charge in [0.05, 0.1) is 6.54 Å². The summed E-state index contributed by atoms with van der Waals surface area (Å²) in [5.41, 5.74) is 3.61. The highest BCUT2D eigenvalue weighted by Gasteiger charge is 2.29. The molecule has 3 N–H and O–H groups in total. The normalized spacial score (nSPS) is 13.2. The maximum absolute atomic E-state index is 12.0. The lowest BCUT2D eigenvalue weighted by Crippen LogP contribution is -2.21. The number of carbonyl (C=O) groups is 2. The first-order valence-corrected chi connectivity index (χ1v) is 8.67. The number of nitrogens with one attached hydrogen (secondary N) is 3. The summed E-state index contributed by atoms with van der Waals surface area (Å²) in [5, 5.41) is 8.86. The smallest absolute Gasteiger partial charge is 0.243 e. The Bertz CT molecular complexity index is 752. The average Bonchev–Trinajstić information content (AvgIpc) is 3.46. The number of hydrogen-bond donors (Lipinski definition) is 3. The van der Waals surface area contributed by atoms with Gasteiger partial charge in [-0.05, 0) is 61.2 Å². The van der Waals surface area contributed by atoms with Crippen LogP contribution in [0, 0.1) is 5.92 Å².